The van der Waals surface area contributed by atoms with Crippen molar-refractivity contribution < 1.29 is 9.32 Å². The maximum atomic E-state index is 12.6. The molecule has 0 saturated carbocycles. The first-order valence-electron chi connectivity index (χ1n) is 8.74. The summed E-state index contributed by atoms with van der Waals surface area (Å²) in [6.45, 7) is 5.54. The number of benzene rings is 1. The second kappa shape index (κ2) is 7.80. The van der Waals surface area contributed by atoms with Crippen LogP contribution in [0.1, 0.15) is 21.1 Å². The topological polar surface area (TPSA) is 62.5 Å². The minimum atomic E-state index is 0.130. The van der Waals surface area contributed by atoms with E-state index in [1.807, 2.05) is 35.4 Å². The number of carbonyl (C=O) groups excluding carboxylic acids is 1. The first-order valence-corrected chi connectivity index (χ1v) is 10.00. The van der Waals surface area contributed by atoms with Crippen molar-refractivity contribution in [1.82, 2.24) is 19.9 Å². The van der Waals surface area contributed by atoms with Crippen LogP contribution in [0.5, 0.6) is 0 Å². The summed E-state index contributed by atoms with van der Waals surface area (Å²) in [6.07, 6.45) is 0. The van der Waals surface area contributed by atoms with E-state index < -0.39 is 0 Å². The fraction of sp³-hybridized carbons (Fsp3) is 0.316. The Morgan fingerprint density at radius 3 is 2.59 bits per heavy atom. The lowest BCUT2D eigenvalue weighted by molar-refractivity contribution is 0.0619. The van der Waals surface area contributed by atoms with Gasteiger partial charge in [-0.1, -0.05) is 16.8 Å². The van der Waals surface area contributed by atoms with Crippen LogP contribution in [0.15, 0.2) is 40.2 Å². The van der Waals surface area contributed by atoms with Crippen LogP contribution >= 0.6 is 22.9 Å². The average molecular weight is 403 g/mol. The van der Waals surface area contributed by atoms with Gasteiger partial charge in [-0.2, -0.15) is 4.98 Å². The number of nitrogens with zero attached hydrogens (tertiary/aromatic N) is 4. The molecule has 3 heterocycles. The summed E-state index contributed by atoms with van der Waals surface area (Å²) >= 11 is 7.42. The third kappa shape index (κ3) is 4.05. The van der Waals surface area contributed by atoms with Gasteiger partial charge >= 0.3 is 0 Å². The third-order valence-corrected chi connectivity index (χ3v) is 5.90. The highest BCUT2D eigenvalue weighted by atomic mass is 35.5. The van der Waals surface area contributed by atoms with Crippen LogP contribution in [0.4, 0.5) is 0 Å². The molecule has 0 bridgehead atoms. The number of aromatic nitrogens is 2. The van der Waals surface area contributed by atoms with Crippen LogP contribution in [0, 0.1) is 6.92 Å². The first-order chi connectivity index (χ1) is 13.1. The number of piperazine rings is 1. The molecule has 4 rings (SSSR count). The molecule has 0 atom stereocenters. The van der Waals surface area contributed by atoms with Gasteiger partial charge in [0.1, 0.15) is 0 Å². The predicted octanol–water partition coefficient (Wildman–Crippen LogP) is 3.72. The fourth-order valence-electron chi connectivity index (χ4n) is 3.07. The van der Waals surface area contributed by atoms with E-state index in [4.69, 9.17) is 16.1 Å². The Morgan fingerprint density at radius 1 is 1.19 bits per heavy atom. The Labute approximate surface area is 166 Å². The second-order valence-electron chi connectivity index (χ2n) is 6.52. The quantitative estimate of drug-likeness (QED) is 0.665. The molecule has 1 aliphatic heterocycles. The van der Waals surface area contributed by atoms with E-state index in [1.165, 1.54) is 11.3 Å². The largest absolute Gasteiger partial charge is 0.338 e. The van der Waals surface area contributed by atoms with Crippen molar-refractivity contribution in [3.05, 3.63) is 57.1 Å². The Bertz CT molecular complexity index is 929. The summed E-state index contributed by atoms with van der Waals surface area (Å²) in [5.74, 6) is 1.27. The lowest BCUT2D eigenvalue weighted by Gasteiger charge is -2.33. The zero-order valence-corrected chi connectivity index (χ0v) is 16.5. The SMILES string of the molecule is Cc1ccsc1C(=O)N1CCN(Cc2nc(-c3ccc(Cl)cc3)no2)CC1. The molecule has 140 valence electrons. The number of amides is 1. The third-order valence-electron chi connectivity index (χ3n) is 4.65. The van der Waals surface area contributed by atoms with Crippen molar-refractivity contribution in [2.24, 2.45) is 0 Å². The Hall–Kier alpha value is -2.22. The predicted molar refractivity (Wildman–Crippen MR) is 105 cm³/mol. The molecule has 2 aromatic heterocycles. The summed E-state index contributed by atoms with van der Waals surface area (Å²) < 4.78 is 5.39. The number of carbonyl (C=O) groups is 1. The van der Waals surface area contributed by atoms with Crippen LogP contribution in [0.2, 0.25) is 5.02 Å². The van der Waals surface area contributed by atoms with E-state index in [2.05, 4.69) is 15.0 Å². The van der Waals surface area contributed by atoms with Crippen molar-refractivity contribution in [2.75, 3.05) is 26.2 Å². The lowest BCUT2D eigenvalue weighted by Crippen LogP contribution is -2.48. The Balaban J connectivity index is 1.34. The molecule has 6 nitrogen and oxygen atoms in total. The number of hydrogen-bond acceptors (Lipinski definition) is 6. The maximum absolute atomic E-state index is 12.6. The molecule has 0 N–H and O–H groups in total. The van der Waals surface area contributed by atoms with Crippen LogP contribution < -0.4 is 0 Å². The molecular formula is C19H19ClN4O2S. The van der Waals surface area contributed by atoms with Crippen molar-refractivity contribution >= 4 is 28.8 Å². The van der Waals surface area contributed by atoms with Gasteiger partial charge in [0.05, 0.1) is 11.4 Å². The van der Waals surface area contributed by atoms with Gasteiger partial charge in [-0.15, -0.1) is 11.3 Å². The number of halogens is 1. The van der Waals surface area contributed by atoms with Gasteiger partial charge in [0.2, 0.25) is 11.7 Å². The highest BCUT2D eigenvalue weighted by molar-refractivity contribution is 7.12. The van der Waals surface area contributed by atoms with Gasteiger partial charge in [0.15, 0.2) is 0 Å². The lowest BCUT2D eigenvalue weighted by atomic mass is 10.2. The first kappa shape index (κ1) is 18.2. The molecule has 1 fully saturated rings. The molecule has 1 saturated heterocycles. The van der Waals surface area contributed by atoms with Gasteiger partial charge < -0.3 is 9.42 Å². The van der Waals surface area contributed by atoms with Gasteiger partial charge in [0.25, 0.3) is 5.91 Å². The van der Waals surface area contributed by atoms with Crippen molar-refractivity contribution in [1.29, 1.82) is 0 Å². The highest BCUT2D eigenvalue weighted by Crippen LogP contribution is 2.21. The molecule has 0 radical (unpaired) electrons. The van der Waals surface area contributed by atoms with Gasteiger partial charge in [-0.3, -0.25) is 9.69 Å². The molecule has 1 amide bonds. The monoisotopic (exact) mass is 402 g/mol. The molecule has 8 heteroatoms. The molecule has 0 unspecified atom stereocenters. The number of aryl methyl sites for hydroxylation is 1. The van der Waals surface area contributed by atoms with Crippen LogP contribution in [-0.2, 0) is 6.54 Å². The van der Waals surface area contributed by atoms with Crippen molar-refractivity contribution in [3.8, 4) is 11.4 Å². The van der Waals surface area contributed by atoms with E-state index in [0.29, 0.717) is 36.4 Å². The van der Waals surface area contributed by atoms with E-state index in [9.17, 15) is 4.79 Å². The summed E-state index contributed by atoms with van der Waals surface area (Å²) in [7, 11) is 0. The molecule has 3 aromatic rings. The molecule has 1 aromatic carbocycles. The minimum absolute atomic E-state index is 0.130. The van der Waals surface area contributed by atoms with E-state index in [1.54, 1.807) is 12.1 Å². The summed E-state index contributed by atoms with van der Waals surface area (Å²) in [5, 5.41) is 6.69. The van der Waals surface area contributed by atoms with Crippen LogP contribution in [0.25, 0.3) is 11.4 Å². The van der Waals surface area contributed by atoms with Crippen molar-refractivity contribution in [3.63, 3.8) is 0 Å². The van der Waals surface area contributed by atoms with Crippen LogP contribution in [0.3, 0.4) is 0 Å². The zero-order valence-electron chi connectivity index (χ0n) is 14.9. The zero-order chi connectivity index (χ0) is 18.8. The van der Waals surface area contributed by atoms with E-state index >= 15 is 0 Å². The molecule has 1 aliphatic rings. The van der Waals surface area contributed by atoms with Gasteiger partial charge in [-0.25, -0.2) is 0 Å². The van der Waals surface area contributed by atoms with Crippen molar-refractivity contribution in [2.45, 2.75) is 13.5 Å². The maximum Gasteiger partial charge on any atom is 0.264 e. The fourth-order valence-corrected chi connectivity index (χ4v) is 4.09. The molecule has 27 heavy (non-hydrogen) atoms. The normalized spacial score (nSPS) is 15.3. The number of thiophene rings is 1. The highest BCUT2D eigenvalue weighted by Gasteiger charge is 2.25. The van der Waals surface area contributed by atoms with Gasteiger partial charge in [0, 0.05) is 36.8 Å². The van der Waals surface area contributed by atoms with Crippen LogP contribution in [-0.4, -0.2) is 52.0 Å². The number of hydrogen-bond donors (Lipinski definition) is 0. The summed E-state index contributed by atoms with van der Waals surface area (Å²) in [6, 6.07) is 9.33. The summed E-state index contributed by atoms with van der Waals surface area (Å²) in [5.41, 5.74) is 1.92. The van der Waals surface area contributed by atoms with E-state index in [-0.39, 0.29) is 5.91 Å². The van der Waals surface area contributed by atoms with E-state index in [0.717, 1.165) is 29.1 Å². The minimum Gasteiger partial charge on any atom is -0.338 e. The molecule has 0 aliphatic carbocycles. The smallest absolute Gasteiger partial charge is 0.264 e. The Kier molecular flexibility index (Phi) is 5.24. The molecule has 0 spiro atoms. The average Bonchev–Trinajstić information content (AvgIpc) is 3.31. The summed E-state index contributed by atoms with van der Waals surface area (Å²) in [4.78, 5) is 22.1. The standard InChI is InChI=1S/C19H19ClN4O2S/c1-13-6-11-27-17(13)19(25)24-9-7-23(8-10-24)12-16-21-18(22-26-16)14-2-4-15(20)5-3-14/h2-6,11H,7-10,12H2,1H3. The van der Waals surface area contributed by atoms with Gasteiger partial charge in [-0.05, 0) is 48.2 Å². The molecular weight excluding hydrogens is 384 g/mol. The second-order valence-corrected chi connectivity index (χ2v) is 7.87. The number of rotatable bonds is 4. The Morgan fingerprint density at radius 2 is 1.93 bits per heavy atom.